The van der Waals surface area contributed by atoms with E-state index in [-0.39, 0.29) is 30.1 Å². The molecule has 0 spiro atoms. The van der Waals surface area contributed by atoms with Gasteiger partial charge in [-0.15, -0.1) is 16.4 Å². The summed E-state index contributed by atoms with van der Waals surface area (Å²) in [6, 6.07) is 8.30. The van der Waals surface area contributed by atoms with Gasteiger partial charge in [0, 0.05) is 23.4 Å². The van der Waals surface area contributed by atoms with Gasteiger partial charge < -0.3 is 14.4 Å². The number of amides is 1. The Bertz CT molecular complexity index is 1240. The molecule has 0 saturated carbocycles. The molecule has 0 radical (unpaired) electrons. The molecule has 1 atom stereocenters. The molecule has 0 aliphatic carbocycles. The maximum atomic E-state index is 13.9. The lowest BCUT2D eigenvalue weighted by atomic mass is 9.92. The third-order valence-corrected chi connectivity index (χ3v) is 6.95. The summed E-state index contributed by atoms with van der Waals surface area (Å²) in [6.45, 7) is 8.77. The molecule has 1 aliphatic rings. The minimum atomic E-state index is -0.547. The summed E-state index contributed by atoms with van der Waals surface area (Å²) in [5, 5.41) is 9.44. The zero-order valence-electron chi connectivity index (χ0n) is 20.5. The molecule has 1 aromatic carbocycles. The van der Waals surface area contributed by atoms with Gasteiger partial charge in [-0.3, -0.25) is 0 Å². The van der Waals surface area contributed by atoms with Crippen molar-refractivity contribution in [3.63, 3.8) is 0 Å². The van der Waals surface area contributed by atoms with Gasteiger partial charge in [-0.25, -0.2) is 14.0 Å². The van der Waals surface area contributed by atoms with Crippen LogP contribution in [0.4, 0.5) is 9.18 Å². The van der Waals surface area contributed by atoms with Crippen molar-refractivity contribution in [1.82, 2.24) is 15.1 Å². The number of hydrogen-bond donors (Lipinski definition) is 0. The van der Waals surface area contributed by atoms with Crippen molar-refractivity contribution in [3.05, 3.63) is 47.5 Å². The van der Waals surface area contributed by atoms with Crippen molar-refractivity contribution < 1.29 is 23.5 Å². The first kappa shape index (κ1) is 25.0. The highest BCUT2D eigenvalue weighted by Gasteiger charge is 2.29. The van der Waals surface area contributed by atoms with Gasteiger partial charge in [-0.1, -0.05) is 12.1 Å². The minimum Gasteiger partial charge on any atom is -0.461 e. The van der Waals surface area contributed by atoms with E-state index >= 15 is 0 Å². The van der Waals surface area contributed by atoms with E-state index in [1.54, 1.807) is 17.9 Å². The average molecular weight is 500 g/mol. The molecule has 1 amide bonds. The van der Waals surface area contributed by atoms with E-state index in [0.29, 0.717) is 24.2 Å². The summed E-state index contributed by atoms with van der Waals surface area (Å²) < 4.78 is 25.3. The molecule has 4 rings (SSSR count). The van der Waals surface area contributed by atoms with Gasteiger partial charge in [-0.2, -0.15) is 5.10 Å². The molecule has 3 aromatic rings. The molecular formula is C26H30FN3O4S. The highest BCUT2D eigenvalue weighted by atomic mass is 32.1. The molecule has 7 nitrogen and oxygen atoms in total. The van der Waals surface area contributed by atoms with Gasteiger partial charge in [0.1, 0.15) is 11.4 Å². The van der Waals surface area contributed by atoms with Crippen LogP contribution in [0, 0.1) is 11.7 Å². The lowest BCUT2D eigenvalue weighted by molar-refractivity contribution is 0.0165. The zero-order chi connectivity index (χ0) is 25.2. The van der Waals surface area contributed by atoms with Crippen molar-refractivity contribution in [2.45, 2.75) is 52.6 Å². The van der Waals surface area contributed by atoms with Crippen LogP contribution in [0.5, 0.6) is 0 Å². The number of benzene rings is 1. The van der Waals surface area contributed by atoms with Crippen LogP contribution >= 0.6 is 11.3 Å². The SMILES string of the molecule is CCOC(=O)c1nnc(CC2CCCN(C(=O)OC(C)(C)C)C2)c2cc(-c3cccc(F)c3)sc12. The van der Waals surface area contributed by atoms with E-state index < -0.39 is 11.6 Å². The Morgan fingerprint density at radius 2 is 2.03 bits per heavy atom. The summed E-state index contributed by atoms with van der Waals surface area (Å²) in [4.78, 5) is 27.7. The van der Waals surface area contributed by atoms with Gasteiger partial charge in [-0.05, 0) is 76.6 Å². The number of carbonyl (C=O) groups excluding carboxylic acids is 2. The monoisotopic (exact) mass is 499 g/mol. The quantitative estimate of drug-likeness (QED) is 0.409. The van der Waals surface area contributed by atoms with E-state index in [4.69, 9.17) is 9.47 Å². The second-order valence-corrected chi connectivity index (χ2v) is 10.8. The maximum Gasteiger partial charge on any atom is 0.410 e. The summed E-state index contributed by atoms with van der Waals surface area (Å²) >= 11 is 1.37. The fourth-order valence-electron chi connectivity index (χ4n) is 4.26. The predicted octanol–water partition coefficient (Wildman–Crippen LogP) is 5.86. The number of thiophene rings is 1. The Kier molecular flexibility index (Phi) is 7.35. The molecule has 0 N–H and O–H groups in total. The first-order valence-corrected chi connectivity index (χ1v) is 12.7. The lowest BCUT2D eigenvalue weighted by Gasteiger charge is -2.34. The van der Waals surface area contributed by atoms with Crippen LogP contribution in [0.1, 0.15) is 56.7 Å². The standard InChI is InChI=1S/C26H30FN3O4S/c1-5-33-24(31)22-23-19(14-21(35-23)17-9-6-10-18(27)13-17)20(28-29-22)12-16-8-7-11-30(15-16)25(32)34-26(2,3)4/h6,9-10,13-14,16H,5,7-8,11-12,15H2,1-4H3. The van der Waals surface area contributed by atoms with E-state index in [9.17, 15) is 14.0 Å². The molecule has 3 heterocycles. The predicted molar refractivity (Wildman–Crippen MR) is 133 cm³/mol. The van der Waals surface area contributed by atoms with Crippen molar-refractivity contribution in [2.75, 3.05) is 19.7 Å². The molecule has 186 valence electrons. The number of fused-ring (bicyclic) bond motifs is 1. The highest BCUT2D eigenvalue weighted by molar-refractivity contribution is 7.22. The Morgan fingerprint density at radius 1 is 1.23 bits per heavy atom. The van der Waals surface area contributed by atoms with Crippen molar-refractivity contribution >= 4 is 33.5 Å². The fourth-order valence-corrected chi connectivity index (χ4v) is 5.41. The third kappa shape index (κ3) is 5.96. The number of halogens is 1. The molecule has 9 heteroatoms. The van der Waals surface area contributed by atoms with Gasteiger partial charge in [0.05, 0.1) is 17.0 Å². The van der Waals surface area contributed by atoms with Gasteiger partial charge in [0.25, 0.3) is 0 Å². The summed E-state index contributed by atoms with van der Waals surface area (Å²) in [7, 11) is 0. The lowest BCUT2D eigenvalue weighted by Crippen LogP contribution is -2.43. The number of likely N-dealkylation sites (tertiary alicyclic amines) is 1. The van der Waals surface area contributed by atoms with Crippen LogP contribution in [0.2, 0.25) is 0 Å². The normalized spacial score (nSPS) is 16.4. The first-order chi connectivity index (χ1) is 16.6. The zero-order valence-corrected chi connectivity index (χ0v) is 21.3. The molecule has 1 fully saturated rings. The number of carbonyl (C=O) groups is 2. The number of rotatable bonds is 5. The number of piperidine rings is 1. The number of ether oxygens (including phenoxy) is 2. The van der Waals surface area contributed by atoms with Gasteiger partial charge in [0.2, 0.25) is 0 Å². The van der Waals surface area contributed by atoms with Crippen molar-refractivity contribution in [3.8, 4) is 10.4 Å². The largest absolute Gasteiger partial charge is 0.461 e. The van der Waals surface area contributed by atoms with Gasteiger partial charge >= 0.3 is 12.1 Å². The Balaban J connectivity index is 1.65. The second-order valence-electron chi connectivity index (χ2n) is 9.72. The first-order valence-electron chi connectivity index (χ1n) is 11.8. The Hall–Kier alpha value is -3.07. The summed E-state index contributed by atoms with van der Waals surface area (Å²) in [5.41, 5.74) is 1.09. The molecule has 0 bridgehead atoms. The molecule has 1 aliphatic heterocycles. The van der Waals surface area contributed by atoms with Crippen molar-refractivity contribution in [2.24, 2.45) is 5.92 Å². The average Bonchev–Trinajstić information content (AvgIpc) is 3.24. The fraction of sp³-hybridized carbons (Fsp3) is 0.462. The Labute approximate surface area is 208 Å². The van der Waals surface area contributed by atoms with Crippen LogP contribution in [-0.2, 0) is 15.9 Å². The smallest absolute Gasteiger partial charge is 0.410 e. The summed E-state index contributed by atoms with van der Waals surface area (Å²) in [5.74, 6) is -0.677. The minimum absolute atomic E-state index is 0.164. The molecular weight excluding hydrogens is 469 g/mol. The maximum absolute atomic E-state index is 13.9. The van der Waals surface area contributed by atoms with E-state index in [1.165, 1.54) is 23.5 Å². The topological polar surface area (TPSA) is 81.6 Å². The van der Waals surface area contributed by atoms with Crippen molar-refractivity contribution in [1.29, 1.82) is 0 Å². The summed E-state index contributed by atoms with van der Waals surface area (Å²) in [6.07, 6.45) is 2.12. The van der Waals surface area contributed by atoms with E-state index in [1.807, 2.05) is 32.9 Å². The number of esters is 1. The molecule has 35 heavy (non-hydrogen) atoms. The highest BCUT2D eigenvalue weighted by Crippen LogP contribution is 2.37. The van der Waals surface area contributed by atoms with Crippen LogP contribution in [-0.4, -0.2) is 52.5 Å². The van der Waals surface area contributed by atoms with E-state index in [0.717, 1.165) is 34.4 Å². The van der Waals surface area contributed by atoms with Gasteiger partial charge in [0.15, 0.2) is 5.69 Å². The molecule has 2 aromatic heterocycles. The van der Waals surface area contributed by atoms with Crippen LogP contribution < -0.4 is 0 Å². The number of aromatic nitrogens is 2. The van der Waals surface area contributed by atoms with Crippen LogP contribution in [0.25, 0.3) is 20.5 Å². The molecule has 1 unspecified atom stereocenters. The number of hydrogen-bond acceptors (Lipinski definition) is 7. The van der Waals surface area contributed by atoms with E-state index in [2.05, 4.69) is 10.2 Å². The second kappa shape index (κ2) is 10.3. The molecule has 1 saturated heterocycles. The Morgan fingerprint density at radius 3 is 2.74 bits per heavy atom. The van der Waals surface area contributed by atoms with Crippen LogP contribution in [0.3, 0.4) is 0 Å². The van der Waals surface area contributed by atoms with Crippen LogP contribution in [0.15, 0.2) is 30.3 Å². The third-order valence-electron chi connectivity index (χ3n) is 5.76. The number of nitrogens with zero attached hydrogens (tertiary/aromatic N) is 3.